The number of carbonyl (C=O) groups excluding carboxylic acids is 2. The van der Waals surface area contributed by atoms with Crippen molar-refractivity contribution in [3.63, 3.8) is 0 Å². The Morgan fingerprint density at radius 2 is 2.10 bits per heavy atom. The number of thiophene rings is 1. The molecule has 116 valence electrons. The lowest BCUT2D eigenvalue weighted by molar-refractivity contribution is -0.113. The van der Waals surface area contributed by atoms with Crippen LogP contribution in [-0.2, 0) is 17.6 Å². The second-order valence-electron chi connectivity index (χ2n) is 6.56. The number of nitrogens with one attached hydrogen (secondary N) is 1. The molecule has 3 N–H and O–H groups in total. The Labute approximate surface area is 134 Å². The van der Waals surface area contributed by atoms with Crippen LogP contribution in [0.4, 0.5) is 5.00 Å². The summed E-state index contributed by atoms with van der Waals surface area (Å²) in [6.45, 7) is 6.71. The van der Waals surface area contributed by atoms with Gasteiger partial charge >= 0.3 is 0 Å². The van der Waals surface area contributed by atoms with Crippen LogP contribution in [0, 0.1) is 11.3 Å². The van der Waals surface area contributed by atoms with Crippen LogP contribution in [0.5, 0.6) is 0 Å². The number of halogens is 1. The van der Waals surface area contributed by atoms with Gasteiger partial charge in [-0.3, -0.25) is 9.59 Å². The zero-order valence-corrected chi connectivity index (χ0v) is 14.2. The first-order valence-corrected chi connectivity index (χ1v) is 8.39. The number of alkyl halides is 1. The van der Waals surface area contributed by atoms with E-state index in [1.54, 1.807) is 0 Å². The summed E-state index contributed by atoms with van der Waals surface area (Å²) in [6.07, 6.45) is 2.81. The predicted octanol–water partition coefficient (Wildman–Crippen LogP) is 3.18. The molecule has 1 aliphatic carbocycles. The minimum absolute atomic E-state index is 0.134. The minimum atomic E-state index is -0.480. The fraction of sp³-hybridized carbons (Fsp3) is 0.600. The SMILES string of the molecule is CC(C)(C)C1CCc2c(sc(NC(=O)CCl)c2C(N)=O)C1. The Morgan fingerprint density at radius 1 is 1.43 bits per heavy atom. The molecule has 2 rings (SSSR count). The highest BCUT2D eigenvalue weighted by molar-refractivity contribution is 7.17. The number of rotatable bonds is 3. The van der Waals surface area contributed by atoms with Gasteiger partial charge in [0.05, 0.1) is 5.56 Å². The van der Waals surface area contributed by atoms with Gasteiger partial charge in [0.2, 0.25) is 5.91 Å². The lowest BCUT2D eigenvalue weighted by atomic mass is 9.72. The lowest BCUT2D eigenvalue weighted by Crippen LogP contribution is -2.27. The van der Waals surface area contributed by atoms with E-state index in [1.165, 1.54) is 16.2 Å². The number of amides is 2. The molecule has 0 bridgehead atoms. The number of primary amides is 1. The van der Waals surface area contributed by atoms with Crippen molar-refractivity contribution in [3.8, 4) is 0 Å². The fourth-order valence-corrected chi connectivity index (χ4v) is 4.25. The van der Waals surface area contributed by atoms with Crippen LogP contribution < -0.4 is 11.1 Å². The van der Waals surface area contributed by atoms with Gasteiger partial charge in [-0.2, -0.15) is 0 Å². The topological polar surface area (TPSA) is 72.2 Å². The molecule has 4 nitrogen and oxygen atoms in total. The maximum absolute atomic E-state index is 11.7. The van der Waals surface area contributed by atoms with Crippen LogP contribution >= 0.6 is 22.9 Å². The van der Waals surface area contributed by atoms with E-state index in [9.17, 15) is 9.59 Å². The summed E-state index contributed by atoms with van der Waals surface area (Å²) < 4.78 is 0. The molecule has 0 radical (unpaired) electrons. The van der Waals surface area contributed by atoms with Crippen molar-refractivity contribution in [3.05, 3.63) is 16.0 Å². The van der Waals surface area contributed by atoms with Crippen LogP contribution in [0.3, 0.4) is 0 Å². The largest absolute Gasteiger partial charge is 0.365 e. The van der Waals surface area contributed by atoms with E-state index in [0.717, 1.165) is 24.8 Å². The van der Waals surface area contributed by atoms with E-state index in [4.69, 9.17) is 17.3 Å². The second-order valence-corrected chi connectivity index (χ2v) is 7.93. The maximum Gasteiger partial charge on any atom is 0.251 e. The van der Waals surface area contributed by atoms with E-state index in [1.807, 2.05) is 0 Å². The first-order valence-electron chi connectivity index (χ1n) is 7.04. The predicted molar refractivity (Wildman–Crippen MR) is 87.2 cm³/mol. The molecule has 1 atom stereocenters. The van der Waals surface area contributed by atoms with Crippen molar-refractivity contribution in [2.75, 3.05) is 11.2 Å². The highest BCUT2D eigenvalue weighted by Gasteiger charge is 2.33. The van der Waals surface area contributed by atoms with E-state index in [0.29, 0.717) is 16.5 Å². The molecule has 0 fully saturated rings. The third-order valence-corrected chi connectivity index (χ3v) is 5.52. The first kappa shape index (κ1) is 16.3. The molecule has 6 heteroatoms. The average Bonchev–Trinajstić information content (AvgIpc) is 2.74. The lowest BCUT2D eigenvalue weighted by Gasteiger charge is -2.33. The van der Waals surface area contributed by atoms with Crippen molar-refractivity contribution in [2.24, 2.45) is 17.1 Å². The minimum Gasteiger partial charge on any atom is -0.365 e. The summed E-state index contributed by atoms with van der Waals surface area (Å²) >= 11 is 6.98. The number of carbonyl (C=O) groups is 2. The van der Waals surface area contributed by atoms with Gasteiger partial charge in [-0.1, -0.05) is 20.8 Å². The molecule has 1 aliphatic rings. The van der Waals surface area contributed by atoms with Gasteiger partial charge in [0.25, 0.3) is 5.91 Å². The molecule has 1 unspecified atom stereocenters. The zero-order chi connectivity index (χ0) is 15.8. The zero-order valence-electron chi connectivity index (χ0n) is 12.6. The first-order chi connectivity index (χ1) is 9.74. The summed E-state index contributed by atoms with van der Waals surface area (Å²) in [7, 11) is 0. The Morgan fingerprint density at radius 3 is 2.62 bits per heavy atom. The van der Waals surface area contributed by atoms with Crippen molar-refractivity contribution < 1.29 is 9.59 Å². The number of nitrogens with two attached hydrogens (primary N) is 1. The van der Waals surface area contributed by atoms with Gasteiger partial charge in [0.1, 0.15) is 10.9 Å². The molecular weight excluding hydrogens is 308 g/mol. The molecule has 0 aliphatic heterocycles. The van der Waals surface area contributed by atoms with Crippen LogP contribution in [0.2, 0.25) is 0 Å². The Hall–Kier alpha value is -1.07. The molecular formula is C15H21ClN2O2S. The third kappa shape index (κ3) is 3.40. The van der Waals surface area contributed by atoms with Crippen LogP contribution in [0.15, 0.2) is 0 Å². The molecule has 21 heavy (non-hydrogen) atoms. The van der Waals surface area contributed by atoms with Gasteiger partial charge in [0.15, 0.2) is 0 Å². The smallest absolute Gasteiger partial charge is 0.251 e. The monoisotopic (exact) mass is 328 g/mol. The molecule has 1 heterocycles. The van der Waals surface area contributed by atoms with E-state index < -0.39 is 5.91 Å². The van der Waals surface area contributed by atoms with Crippen molar-refractivity contribution >= 4 is 39.8 Å². The van der Waals surface area contributed by atoms with Gasteiger partial charge in [-0.25, -0.2) is 0 Å². The molecule has 1 aromatic rings. The standard InChI is InChI=1S/C15H21ClN2O2S/c1-15(2,3)8-4-5-9-10(6-8)21-14(12(9)13(17)20)18-11(19)7-16/h8H,4-7H2,1-3H3,(H2,17,20)(H,18,19). The summed E-state index contributed by atoms with van der Waals surface area (Å²) in [4.78, 5) is 24.4. The van der Waals surface area contributed by atoms with Gasteiger partial charge < -0.3 is 11.1 Å². The summed E-state index contributed by atoms with van der Waals surface area (Å²) in [5.41, 5.74) is 7.22. The number of anilines is 1. The summed E-state index contributed by atoms with van der Waals surface area (Å²) in [6, 6.07) is 0. The fourth-order valence-electron chi connectivity index (χ4n) is 2.83. The molecule has 1 aromatic heterocycles. The van der Waals surface area contributed by atoms with Gasteiger partial charge in [-0.15, -0.1) is 22.9 Å². The highest BCUT2D eigenvalue weighted by atomic mass is 35.5. The second kappa shape index (κ2) is 5.97. The van der Waals surface area contributed by atoms with Crippen LogP contribution in [-0.4, -0.2) is 17.7 Å². The maximum atomic E-state index is 11.7. The van der Waals surface area contributed by atoms with Crippen LogP contribution in [0.25, 0.3) is 0 Å². The van der Waals surface area contributed by atoms with Gasteiger partial charge in [0, 0.05) is 4.88 Å². The number of hydrogen-bond donors (Lipinski definition) is 2. The Balaban J connectivity index is 2.37. The van der Waals surface area contributed by atoms with Crippen molar-refractivity contribution in [1.29, 1.82) is 0 Å². The molecule has 0 aromatic carbocycles. The summed E-state index contributed by atoms with van der Waals surface area (Å²) in [5, 5.41) is 3.25. The number of hydrogen-bond acceptors (Lipinski definition) is 3. The Kier molecular flexibility index (Phi) is 4.63. The van der Waals surface area contributed by atoms with E-state index in [2.05, 4.69) is 26.1 Å². The molecule has 0 saturated heterocycles. The molecule has 0 saturated carbocycles. The van der Waals surface area contributed by atoms with Crippen molar-refractivity contribution in [2.45, 2.75) is 40.0 Å². The van der Waals surface area contributed by atoms with Crippen LogP contribution in [0.1, 0.15) is 48.0 Å². The van der Waals surface area contributed by atoms with E-state index >= 15 is 0 Å². The quantitative estimate of drug-likeness (QED) is 0.836. The van der Waals surface area contributed by atoms with Gasteiger partial charge in [-0.05, 0) is 36.2 Å². The molecule has 0 spiro atoms. The normalized spacial score (nSPS) is 18.2. The van der Waals surface area contributed by atoms with Crippen molar-refractivity contribution in [1.82, 2.24) is 0 Å². The van der Waals surface area contributed by atoms with E-state index in [-0.39, 0.29) is 17.2 Å². The number of fused-ring (bicyclic) bond motifs is 1. The highest BCUT2D eigenvalue weighted by Crippen LogP contribution is 2.44. The third-order valence-electron chi connectivity index (χ3n) is 4.11. The molecule has 2 amide bonds. The average molecular weight is 329 g/mol. The summed E-state index contributed by atoms with van der Waals surface area (Å²) in [5.74, 6) is -0.358. The Bertz CT molecular complexity index is 575.